The molecule has 448 valence electrons. The summed E-state index contributed by atoms with van der Waals surface area (Å²) in [6.45, 7) is 6.69. The van der Waals surface area contributed by atoms with Crippen molar-refractivity contribution in [1.82, 2.24) is 0 Å². The molecular weight excluding hydrogens is 937 g/mol. The molecule has 0 amide bonds. The normalized spacial score (nSPS) is 12.1. The first-order chi connectivity index (χ1) is 37.5. The van der Waals surface area contributed by atoms with Gasteiger partial charge in [0.25, 0.3) is 0 Å². The van der Waals surface area contributed by atoms with Gasteiger partial charge in [-0.15, -0.1) is 0 Å². The summed E-state index contributed by atoms with van der Waals surface area (Å²) in [5, 5.41) is 0. The van der Waals surface area contributed by atoms with Gasteiger partial charge in [-0.1, -0.05) is 321 Å². The second-order valence-electron chi connectivity index (χ2n) is 23.4. The maximum Gasteiger partial charge on any atom is 0.306 e. The molecule has 76 heavy (non-hydrogen) atoms. The molecule has 0 fully saturated rings. The third-order valence-electron chi connectivity index (χ3n) is 15.7. The van der Waals surface area contributed by atoms with Crippen molar-refractivity contribution in [3.63, 3.8) is 0 Å². The molecule has 0 rings (SSSR count). The number of hydrogen-bond donors (Lipinski definition) is 0. The fourth-order valence-electron chi connectivity index (χ4n) is 10.5. The van der Waals surface area contributed by atoms with Gasteiger partial charge in [0.2, 0.25) is 0 Å². The van der Waals surface area contributed by atoms with Crippen LogP contribution in [0.15, 0.2) is 24.3 Å². The third-order valence-corrected chi connectivity index (χ3v) is 15.7. The maximum atomic E-state index is 12.9. The maximum absolute atomic E-state index is 12.9. The monoisotopic (exact) mass is 1070 g/mol. The Morgan fingerprint density at radius 1 is 0.250 bits per heavy atom. The van der Waals surface area contributed by atoms with E-state index >= 15 is 0 Å². The van der Waals surface area contributed by atoms with Crippen molar-refractivity contribution in [2.45, 2.75) is 393 Å². The molecule has 1 atom stereocenters. The van der Waals surface area contributed by atoms with Crippen LogP contribution in [0.1, 0.15) is 387 Å². The zero-order valence-corrected chi connectivity index (χ0v) is 51.6. The zero-order chi connectivity index (χ0) is 55.0. The van der Waals surface area contributed by atoms with Crippen LogP contribution in [0.25, 0.3) is 0 Å². The molecule has 0 saturated heterocycles. The van der Waals surface area contributed by atoms with Gasteiger partial charge in [0, 0.05) is 19.3 Å². The smallest absolute Gasteiger partial charge is 0.306 e. The van der Waals surface area contributed by atoms with Crippen molar-refractivity contribution in [3.05, 3.63) is 24.3 Å². The van der Waals surface area contributed by atoms with E-state index in [2.05, 4.69) is 45.1 Å². The molecule has 0 aromatic heterocycles. The highest BCUT2D eigenvalue weighted by Crippen LogP contribution is 2.18. The quantitative estimate of drug-likeness (QED) is 0.0261. The predicted octanol–water partition coefficient (Wildman–Crippen LogP) is 23.4. The Morgan fingerprint density at radius 2 is 0.434 bits per heavy atom. The van der Waals surface area contributed by atoms with Crippen molar-refractivity contribution in [3.8, 4) is 0 Å². The Balaban J connectivity index is 4.21. The Hall–Kier alpha value is -2.11. The zero-order valence-electron chi connectivity index (χ0n) is 51.6. The molecule has 0 N–H and O–H groups in total. The second kappa shape index (κ2) is 65.4. The van der Waals surface area contributed by atoms with Crippen molar-refractivity contribution < 1.29 is 28.6 Å². The van der Waals surface area contributed by atoms with E-state index in [1.165, 1.54) is 283 Å². The van der Waals surface area contributed by atoms with E-state index in [9.17, 15) is 14.4 Å². The molecule has 0 radical (unpaired) electrons. The Bertz CT molecular complexity index is 1230. The van der Waals surface area contributed by atoms with Crippen molar-refractivity contribution in [1.29, 1.82) is 0 Å². The van der Waals surface area contributed by atoms with E-state index in [0.717, 1.165) is 64.2 Å². The van der Waals surface area contributed by atoms with Crippen LogP contribution < -0.4 is 0 Å². The average Bonchev–Trinajstić information content (AvgIpc) is 3.42. The minimum atomic E-state index is -0.773. The van der Waals surface area contributed by atoms with Gasteiger partial charge in [0.15, 0.2) is 6.10 Å². The molecule has 6 heteroatoms. The van der Waals surface area contributed by atoms with Crippen LogP contribution in [0, 0.1) is 0 Å². The van der Waals surface area contributed by atoms with Gasteiger partial charge in [-0.3, -0.25) is 14.4 Å². The van der Waals surface area contributed by atoms with E-state index in [-0.39, 0.29) is 31.1 Å². The molecule has 0 spiro atoms. The molecule has 0 bridgehead atoms. The highest BCUT2D eigenvalue weighted by atomic mass is 16.6. The van der Waals surface area contributed by atoms with Gasteiger partial charge in [-0.05, 0) is 70.6 Å². The van der Waals surface area contributed by atoms with Crippen LogP contribution in [0.3, 0.4) is 0 Å². The summed E-state index contributed by atoms with van der Waals surface area (Å²) in [7, 11) is 0. The lowest BCUT2D eigenvalue weighted by Gasteiger charge is -2.18. The van der Waals surface area contributed by atoms with E-state index < -0.39 is 6.10 Å². The number of esters is 3. The fraction of sp³-hybridized carbons (Fsp3) is 0.900. The van der Waals surface area contributed by atoms with Crippen LogP contribution in [-0.2, 0) is 28.6 Å². The molecule has 0 heterocycles. The van der Waals surface area contributed by atoms with Crippen LogP contribution in [0.5, 0.6) is 0 Å². The number of hydrogen-bond acceptors (Lipinski definition) is 6. The lowest BCUT2D eigenvalue weighted by Crippen LogP contribution is -2.30. The van der Waals surface area contributed by atoms with Crippen LogP contribution in [-0.4, -0.2) is 37.2 Å². The van der Waals surface area contributed by atoms with Crippen molar-refractivity contribution in [2.75, 3.05) is 13.2 Å². The number of unbranched alkanes of at least 4 members (excludes halogenated alkanes) is 49. The van der Waals surface area contributed by atoms with Gasteiger partial charge >= 0.3 is 17.9 Å². The van der Waals surface area contributed by atoms with Crippen LogP contribution in [0.4, 0.5) is 0 Å². The number of carbonyl (C=O) groups is 3. The minimum Gasteiger partial charge on any atom is -0.462 e. The summed E-state index contributed by atoms with van der Waals surface area (Å²) in [6, 6.07) is 0. The largest absolute Gasteiger partial charge is 0.462 e. The Kier molecular flexibility index (Phi) is 63.6. The average molecular weight is 1070 g/mol. The highest BCUT2D eigenvalue weighted by Gasteiger charge is 2.19. The summed E-state index contributed by atoms with van der Waals surface area (Å²) >= 11 is 0. The van der Waals surface area contributed by atoms with Crippen LogP contribution >= 0.6 is 0 Å². The van der Waals surface area contributed by atoms with Gasteiger partial charge in [0.1, 0.15) is 13.2 Å². The second-order valence-corrected chi connectivity index (χ2v) is 23.4. The third kappa shape index (κ3) is 62.7. The molecule has 0 aromatic carbocycles. The van der Waals surface area contributed by atoms with Gasteiger partial charge in [-0.25, -0.2) is 0 Å². The highest BCUT2D eigenvalue weighted by molar-refractivity contribution is 5.71. The van der Waals surface area contributed by atoms with Gasteiger partial charge < -0.3 is 14.2 Å². The predicted molar refractivity (Wildman–Crippen MR) is 330 cm³/mol. The first-order valence-corrected chi connectivity index (χ1v) is 34.3. The fourth-order valence-corrected chi connectivity index (χ4v) is 10.5. The molecule has 0 aromatic rings. The summed E-state index contributed by atoms with van der Waals surface area (Å²) in [5.74, 6) is -0.853. The number of ether oxygens (including phenoxy) is 3. The van der Waals surface area contributed by atoms with Crippen LogP contribution in [0.2, 0.25) is 0 Å². The van der Waals surface area contributed by atoms with E-state index in [4.69, 9.17) is 14.2 Å². The van der Waals surface area contributed by atoms with E-state index in [1.54, 1.807) is 0 Å². The SMILES string of the molecule is CCCCCC/C=C\CCCCCCCC(=O)OCC(COC(=O)CCCCCCCCCCCCCCCCCCCCCCCCCCCC)OC(=O)CCCCCCCCCCC/C=C\CCCCCCCC. The summed E-state index contributed by atoms with van der Waals surface area (Å²) in [5.41, 5.74) is 0. The molecule has 0 saturated carbocycles. The summed E-state index contributed by atoms with van der Waals surface area (Å²) in [6.07, 6.45) is 79.2. The molecule has 6 nitrogen and oxygen atoms in total. The van der Waals surface area contributed by atoms with Crippen molar-refractivity contribution in [2.24, 2.45) is 0 Å². The lowest BCUT2D eigenvalue weighted by molar-refractivity contribution is -0.167. The first kappa shape index (κ1) is 73.9. The van der Waals surface area contributed by atoms with Gasteiger partial charge in [-0.2, -0.15) is 0 Å². The van der Waals surface area contributed by atoms with Gasteiger partial charge in [0.05, 0.1) is 0 Å². The topological polar surface area (TPSA) is 78.9 Å². The Labute approximate surface area is 474 Å². The van der Waals surface area contributed by atoms with Crippen molar-refractivity contribution >= 4 is 17.9 Å². The molecule has 0 aliphatic carbocycles. The Morgan fingerprint density at radius 3 is 0.671 bits per heavy atom. The minimum absolute atomic E-state index is 0.0694. The molecule has 0 aliphatic rings. The first-order valence-electron chi connectivity index (χ1n) is 34.3. The lowest BCUT2D eigenvalue weighted by atomic mass is 10.0. The molecule has 0 aliphatic heterocycles. The van der Waals surface area contributed by atoms with E-state index in [1.807, 2.05) is 0 Å². The summed E-state index contributed by atoms with van der Waals surface area (Å²) in [4.78, 5) is 38.3. The number of allylic oxidation sites excluding steroid dienone is 4. The number of carbonyl (C=O) groups excluding carboxylic acids is 3. The standard InChI is InChI=1S/C70H132O6/c1-4-7-10-13-16-19-22-25-27-29-31-32-33-34-35-36-37-39-40-42-45-48-51-54-57-60-63-69(72)75-66-67(65-74-68(71)62-59-56-53-50-47-44-24-21-18-15-12-9-6-3)76-70(73)64-61-58-55-52-49-46-43-41-38-30-28-26-23-20-17-14-11-8-5-2/h21,24,26,28,67H,4-20,22-23,25,27,29-66H2,1-3H3/b24-21-,28-26-. The molecular formula is C70H132O6. The summed E-state index contributed by atoms with van der Waals surface area (Å²) < 4.78 is 17.0. The number of rotatable bonds is 64. The van der Waals surface area contributed by atoms with E-state index in [0.29, 0.717) is 19.3 Å². The molecule has 1 unspecified atom stereocenters.